The molecule has 4 fully saturated rings. The maximum atomic E-state index is 2.90. The molecule has 70 heavy (non-hydrogen) atoms. The van der Waals surface area contributed by atoms with Crippen molar-refractivity contribution in [1.82, 2.24) is 0 Å². The van der Waals surface area contributed by atoms with E-state index in [2.05, 4.69) is 226 Å². The Balaban J connectivity index is 0.966. The predicted molar refractivity (Wildman–Crippen MR) is 296 cm³/mol. The first-order chi connectivity index (χ1) is 34.7. The number of benzene rings is 9. The summed E-state index contributed by atoms with van der Waals surface area (Å²) in [5.74, 6) is 1.80. The van der Waals surface area contributed by atoms with Gasteiger partial charge in [0.05, 0.1) is 0 Å². The van der Waals surface area contributed by atoms with Gasteiger partial charge < -0.3 is 19.6 Å². The molecule has 4 nitrogen and oxygen atoms in total. The number of hydrogen-bond acceptors (Lipinski definition) is 5. The van der Waals surface area contributed by atoms with Gasteiger partial charge >= 0.3 is 0 Å². The molecule has 0 unspecified atom stereocenters. The smallest absolute Gasteiger partial charge is 0.252 e. The minimum absolute atomic E-state index is 0.00358. The van der Waals surface area contributed by atoms with E-state index in [1.165, 1.54) is 137 Å². The lowest BCUT2D eigenvalue weighted by Gasteiger charge is -2.57. The highest BCUT2D eigenvalue weighted by Gasteiger charge is 2.50. The second kappa shape index (κ2) is 15.1. The Kier molecular flexibility index (Phi) is 8.51. The van der Waals surface area contributed by atoms with Crippen LogP contribution < -0.4 is 52.4 Å². The van der Waals surface area contributed by atoms with Crippen LogP contribution >= 0.6 is 11.8 Å². The third-order valence-electron chi connectivity index (χ3n) is 17.1. The van der Waals surface area contributed by atoms with Crippen molar-refractivity contribution in [2.45, 2.75) is 54.0 Å². The van der Waals surface area contributed by atoms with Gasteiger partial charge in [-0.15, -0.1) is 0 Å². The summed E-state index contributed by atoms with van der Waals surface area (Å²) in [6.07, 6.45) is 6.81. The molecule has 0 aromatic heterocycles. The summed E-state index contributed by atoms with van der Waals surface area (Å²) in [6.45, 7) is 0.0697. The standard InChI is InChI=1S/C63H48B2N4S/c1-5-17-42(18-6-1)43-34-57-62-58(35-43)69(46-23-11-4-12-24-46)56-39-60-53(38-52(56)64(62)50-25-13-15-27-54(50)67(57)44-19-7-2-8-20-44)65-51-26-14-16-28-55(51)68(45-21-9-3-10-22-45)59-36-49(37-61(70-60)63(59)65)66-47-30-40-29-41(32-47)33-48(66)31-40/h1-28,34-41,47-48H,29-33H2. The average molecular weight is 915 g/mol. The van der Waals surface area contributed by atoms with Crippen LogP contribution in [0.25, 0.3) is 11.1 Å². The molecule has 332 valence electrons. The highest BCUT2D eigenvalue weighted by molar-refractivity contribution is 8.00. The molecule has 17 rings (SSSR count). The topological polar surface area (TPSA) is 13.0 Å². The molecule has 7 heteroatoms. The van der Waals surface area contributed by atoms with Gasteiger partial charge in [-0.25, -0.2) is 0 Å². The summed E-state index contributed by atoms with van der Waals surface area (Å²) in [7, 11) is 0. The summed E-state index contributed by atoms with van der Waals surface area (Å²) in [5.41, 5.74) is 23.2. The Morgan fingerprint density at radius 3 is 1.36 bits per heavy atom. The minimum atomic E-state index is 0.00358. The Morgan fingerprint density at radius 1 is 0.329 bits per heavy atom. The first-order valence-electron chi connectivity index (χ1n) is 25.5. The number of para-hydroxylation sites is 5. The van der Waals surface area contributed by atoms with Crippen molar-refractivity contribution in [1.29, 1.82) is 0 Å². The fourth-order valence-electron chi connectivity index (χ4n) is 14.6. The molecule has 2 aliphatic carbocycles. The van der Waals surface area contributed by atoms with Crippen molar-refractivity contribution in [2.75, 3.05) is 19.6 Å². The van der Waals surface area contributed by atoms with Gasteiger partial charge in [0.1, 0.15) is 0 Å². The predicted octanol–water partition coefficient (Wildman–Crippen LogP) is 12.0. The lowest BCUT2D eigenvalue weighted by Crippen LogP contribution is -2.64. The van der Waals surface area contributed by atoms with Crippen LogP contribution in [0.15, 0.2) is 216 Å². The molecule has 9 aromatic carbocycles. The first kappa shape index (κ1) is 39.5. The summed E-state index contributed by atoms with van der Waals surface area (Å²) < 4.78 is 0. The van der Waals surface area contributed by atoms with Crippen LogP contribution in [0.2, 0.25) is 0 Å². The van der Waals surface area contributed by atoms with Crippen LogP contribution in [0.3, 0.4) is 0 Å². The van der Waals surface area contributed by atoms with Crippen molar-refractivity contribution < 1.29 is 0 Å². The first-order valence-corrected chi connectivity index (χ1v) is 26.3. The Hall–Kier alpha value is -7.34. The van der Waals surface area contributed by atoms with E-state index in [4.69, 9.17) is 0 Å². The normalized spacial score (nSPS) is 20.3. The zero-order chi connectivity index (χ0) is 45.6. The van der Waals surface area contributed by atoms with E-state index in [9.17, 15) is 0 Å². The van der Waals surface area contributed by atoms with E-state index in [-0.39, 0.29) is 13.4 Å². The number of fused-ring (bicyclic) bond motifs is 8. The molecule has 2 saturated heterocycles. The molecule has 9 aromatic rings. The van der Waals surface area contributed by atoms with Gasteiger partial charge in [-0.2, -0.15) is 0 Å². The van der Waals surface area contributed by atoms with Crippen molar-refractivity contribution >= 4 is 115 Å². The summed E-state index contributed by atoms with van der Waals surface area (Å²) in [5, 5.41) is 0. The summed E-state index contributed by atoms with van der Waals surface area (Å²) in [6, 6.07) is 79.4. The van der Waals surface area contributed by atoms with Gasteiger partial charge in [-0.3, -0.25) is 0 Å². The van der Waals surface area contributed by atoms with E-state index in [0.29, 0.717) is 12.1 Å². The second-order valence-electron chi connectivity index (χ2n) is 20.8. The maximum absolute atomic E-state index is 2.90. The zero-order valence-corrected chi connectivity index (χ0v) is 39.6. The lowest BCUT2D eigenvalue weighted by molar-refractivity contribution is 0.0900. The number of anilines is 10. The Morgan fingerprint density at radius 2 is 0.800 bits per heavy atom. The van der Waals surface area contributed by atoms with Crippen LogP contribution in [-0.4, -0.2) is 25.5 Å². The molecule has 6 heterocycles. The Labute approximate surface area is 415 Å². The number of hydrogen-bond donors (Lipinski definition) is 0. The summed E-state index contributed by atoms with van der Waals surface area (Å²) in [4.78, 5) is 13.4. The highest BCUT2D eigenvalue weighted by Crippen LogP contribution is 2.53. The molecule has 0 N–H and O–H groups in total. The van der Waals surface area contributed by atoms with Gasteiger partial charge in [0.2, 0.25) is 6.71 Å². The van der Waals surface area contributed by atoms with Gasteiger partial charge in [-0.1, -0.05) is 145 Å². The van der Waals surface area contributed by atoms with Crippen LogP contribution in [0.1, 0.15) is 32.1 Å². The molecule has 6 aliphatic heterocycles. The molecule has 0 atom stereocenters. The molecular weight excluding hydrogens is 866 g/mol. The van der Waals surface area contributed by atoms with E-state index in [1.54, 1.807) is 0 Å². The number of nitrogens with zero attached hydrogens (tertiary/aromatic N) is 4. The molecule has 2 saturated carbocycles. The van der Waals surface area contributed by atoms with Crippen LogP contribution in [0.5, 0.6) is 0 Å². The zero-order valence-electron chi connectivity index (χ0n) is 38.8. The van der Waals surface area contributed by atoms with E-state index in [1.807, 2.05) is 11.8 Å². The van der Waals surface area contributed by atoms with Crippen molar-refractivity contribution in [3.63, 3.8) is 0 Å². The fraction of sp³-hybridized carbons (Fsp3) is 0.143. The van der Waals surface area contributed by atoms with Gasteiger partial charge in [0.25, 0.3) is 6.71 Å². The van der Waals surface area contributed by atoms with Gasteiger partial charge in [0.15, 0.2) is 0 Å². The van der Waals surface area contributed by atoms with Crippen LogP contribution in [0, 0.1) is 11.8 Å². The molecule has 0 radical (unpaired) electrons. The van der Waals surface area contributed by atoms with Crippen molar-refractivity contribution in [2.24, 2.45) is 11.8 Å². The van der Waals surface area contributed by atoms with E-state index in [0.717, 1.165) is 17.5 Å². The minimum Gasteiger partial charge on any atom is -0.365 e. The molecule has 4 bridgehead atoms. The number of rotatable bonds is 5. The second-order valence-corrected chi connectivity index (χ2v) is 21.9. The molecular formula is C63H48B2N4S. The van der Waals surface area contributed by atoms with Crippen molar-refractivity contribution in [3.8, 4) is 11.1 Å². The third kappa shape index (κ3) is 5.70. The molecule has 8 aliphatic rings. The lowest BCUT2D eigenvalue weighted by atomic mass is 9.31. The highest BCUT2D eigenvalue weighted by atomic mass is 32.2. The molecule has 0 amide bonds. The van der Waals surface area contributed by atoms with Crippen LogP contribution in [0.4, 0.5) is 56.9 Å². The Bertz CT molecular complexity index is 3560. The summed E-state index contributed by atoms with van der Waals surface area (Å²) >= 11 is 2.01. The maximum Gasteiger partial charge on any atom is 0.252 e. The molecule has 0 spiro atoms. The SMILES string of the molecule is c1ccc(-c2cc3c4c(c2)N(c2ccccc2)c2cc5c(cc2B4c2ccccc2N3c2ccccc2)B2c3ccccc3N(c3ccccc3)c3cc(N4C6CC7CC(C6)CC4C7)cc(c32)S5)cc1. The van der Waals surface area contributed by atoms with Crippen molar-refractivity contribution in [3.05, 3.63) is 206 Å². The van der Waals surface area contributed by atoms with Crippen LogP contribution in [-0.2, 0) is 0 Å². The average Bonchev–Trinajstić information content (AvgIpc) is 3.41. The quantitative estimate of drug-likeness (QED) is 0.159. The van der Waals surface area contributed by atoms with Gasteiger partial charge in [-0.05, 0) is 161 Å². The third-order valence-corrected chi connectivity index (χ3v) is 18.2. The van der Waals surface area contributed by atoms with E-state index >= 15 is 0 Å². The van der Waals surface area contributed by atoms with Gasteiger partial charge in [0, 0.05) is 78.7 Å². The monoisotopic (exact) mass is 914 g/mol. The number of piperidine rings is 2. The van der Waals surface area contributed by atoms with E-state index < -0.39 is 0 Å². The largest absolute Gasteiger partial charge is 0.365 e. The fourth-order valence-corrected chi connectivity index (χ4v) is 15.8.